The first-order valence-corrected chi connectivity index (χ1v) is 8.59. The molecule has 0 spiro atoms. The van der Waals surface area contributed by atoms with Crippen LogP contribution in [0.15, 0.2) is 48.8 Å². The highest BCUT2D eigenvalue weighted by Crippen LogP contribution is 2.30. The third-order valence-corrected chi connectivity index (χ3v) is 5.77. The quantitative estimate of drug-likeness (QED) is 0.281. The van der Waals surface area contributed by atoms with Crippen molar-refractivity contribution in [2.24, 2.45) is 7.05 Å². The van der Waals surface area contributed by atoms with Gasteiger partial charge in [-0.1, -0.05) is 12.1 Å². The molecule has 5 aromatic rings. The second-order valence-corrected chi connectivity index (χ2v) is 7.07. The van der Waals surface area contributed by atoms with Gasteiger partial charge in [-0.25, -0.2) is 4.57 Å². The number of nitrogens with zero attached hydrogens (tertiary/aromatic N) is 4. The van der Waals surface area contributed by atoms with E-state index in [0.29, 0.717) is 0 Å². The Bertz CT molecular complexity index is 1250. The fourth-order valence-corrected chi connectivity index (χ4v) is 3.94. The van der Waals surface area contributed by atoms with Crippen LogP contribution in [0.2, 0.25) is 0 Å². The molecule has 0 atom stereocenters. The van der Waals surface area contributed by atoms with Crippen molar-refractivity contribution in [3.05, 3.63) is 57.9 Å². The highest BCUT2D eigenvalue weighted by Gasteiger charge is 2.22. The standard InChI is InChI=1S/C18H14IN4/c1-11-12(19)7-8-15-16(11)17-21(2)9-10-22(17)18-20-13-5-3-4-6-14(13)23(15)18/h3-10H,1-2H3/q+1. The van der Waals surface area contributed by atoms with Gasteiger partial charge in [-0.05, 0) is 59.3 Å². The zero-order valence-electron chi connectivity index (χ0n) is 12.8. The minimum Gasteiger partial charge on any atom is -0.258 e. The molecule has 0 aliphatic carbocycles. The molecule has 0 aliphatic heterocycles. The highest BCUT2D eigenvalue weighted by atomic mass is 127. The Morgan fingerprint density at radius 2 is 1.91 bits per heavy atom. The Morgan fingerprint density at radius 1 is 1.09 bits per heavy atom. The molecule has 0 fully saturated rings. The van der Waals surface area contributed by atoms with Crippen LogP contribution < -0.4 is 4.57 Å². The molecule has 4 nitrogen and oxygen atoms in total. The molecule has 0 saturated carbocycles. The SMILES string of the molecule is Cc1c(I)ccc2c1c1n(cc[n+]1C)c1nc3ccccc3n21. The Balaban J connectivity index is 2.25. The van der Waals surface area contributed by atoms with Crippen LogP contribution in [0.1, 0.15) is 5.56 Å². The molecule has 0 unspecified atom stereocenters. The zero-order valence-corrected chi connectivity index (χ0v) is 14.9. The lowest BCUT2D eigenvalue weighted by Crippen LogP contribution is -2.26. The van der Waals surface area contributed by atoms with Crippen molar-refractivity contribution in [1.82, 2.24) is 13.8 Å². The van der Waals surface area contributed by atoms with E-state index in [9.17, 15) is 0 Å². The number of aromatic nitrogens is 4. The monoisotopic (exact) mass is 413 g/mol. The molecule has 23 heavy (non-hydrogen) atoms. The first-order valence-electron chi connectivity index (χ1n) is 7.51. The minimum absolute atomic E-state index is 0.954. The largest absolute Gasteiger partial charge is 0.312 e. The Kier molecular flexibility index (Phi) is 2.57. The molecule has 5 heteroatoms. The summed E-state index contributed by atoms with van der Waals surface area (Å²) in [5, 5.41) is 1.28. The maximum atomic E-state index is 4.87. The molecule has 112 valence electrons. The van der Waals surface area contributed by atoms with Crippen LogP contribution in [0.5, 0.6) is 0 Å². The van der Waals surface area contributed by atoms with Gasteiger partial charge in [0.2, 0.25) is 0 Å². The molecule has 0 radical (unpaired) electrons. The van der Waals surface area contributed by atoms with E-state index in [-0.39, 0.29) is 0 Å². The Labute approximate surface area is 146 Å². The predicted octanol–water partition coefficient (Wildman–Crippen LogP) is 3.63. The highest BCUT2D eigenvalue weighted by molar-refractivity contribution is 14.1. The van der Waals surface area contributed by atoms with Gasteiger partial charge in [-0.15, -0.1) is 0 Å². The number of hydrogen-bond donors (Lipinski definition) is 0. The molecule has 0 saturated heterocycles. The van der Waals surface area contributed by atoms with Gasteiger partial charge in [0.25, 0.3) is 5.65 Å². The van der Waals surface area contributed by atoms with Crippen LogP contribution in [-0.2, 0) is 7.05 Å². The number of hydrogen-bond acceptors (Lipinski definition) is 1. The molecule has 5 rings (SSSR count). The lowest BCUT2D eigenvalue weighted by molar-refractivity contribution is -0.643. The summed E-state index contributed by atoms with van der Waals surface area (Å²) in [6.07, 6.45) is 4.18. The van der Waals surface area contributed by atoms with Crippen LogP contribution in [0.3, 0.4) is 0 Å². The van der Waals surface area contributed by atoms with Crippen LogP contribution in [-0.4, -0.2) is 13.8 Å². The van der Waals surface area contributed by atoms with Crippen LogP contribution in [0, 0.1) is 10.5 Å². The number of rotatable bonds is 0. The normalized spacial score (nSPS) is 12.1. The lowest BCUT2D eigenvalue weighted by atomic mass is 10.1. The van der Waals surface area contributed by atoms with E-state index < -0.39 is 0 Å². The second kappa shape index (κ2) is 4.44. The van der Waals surface area contributed by atoms with Gasteiger partial charge in [0.1, 0.15) is 12.4 Å². The molecule has 3 heterocycles. The van der Waals surface area contributed by atoms with Crippen LogP contribution in [0.4, 0.5) is 0 Å². The molecule has 3 aromatic heterocycles. The lowest BCUT2D eigenvalue weighted by Gasteiger charge is -2.07. The third kappa shape index (κ3) is 1.60. The van der Waals surface area contributed by atoms with E-state index in [1.807, 2.05) is 6.07 Å². The minimum atomic E-state index is 0.954. The number of fused-ring (bicyclic) bond motifs is 8. The summed E-state index contributed by atoms with van der Waals surface area (Å²) >= 11 is 2.41. The summed E-state index contributed by atoms with van der Waals surface area (Å²) in [4.78, 5) is 4.87. The fraction of sp³-hybridized carbons (Fsp3) is 0.111. The maximum Gasteiger partial charge on any atom is 0.312 e. The van der Waals surface area contributed by atoms with E-state index in [2.05, 4.69) is 92.7 Å². The van der Waals surface area contributed by atoms with Crippen molar-refractivity contribution in [2.75, 3.05) is 0 Å². The fourth-order valence-electron chi connectivity index (χ4n) is 3.49. The first-order chi connectivity index (χ1) is 11.2. The number of imidazole rings is 2. The summed E-state index contributed by atoms with van der Waals surface area (Å²) in [7, 11) is 2.09. The van der Waals surface area contributed by atoms with Gasteiger partial charge in [0.05, 0.1) is 29.0 Å². The molecule has 0 bridgehead atoms. The Hall–Kier alpha value is -2.15. The van der Waals surface area contributed by atoms with Crippen molar-refractivity contribution >= 4 is 56.0 Å². The zero-order chi connectivity index (χ0) is 15.7. The third-order valence-electron chi connectivity index (χ3n) is 4.60. The van der Waals surface area contributed by atoms with Crippen molar-refractivity contribution in [3.63, 3.8) is 0 Å². The number of para-hydroxylation sites is 2. The Morgan fingerprint density at radius 3 is 2.78 bits per heavy atom. The van der Waals surface area contributed by atoms with Crippen molar-refractivity contribution in [3.8, 4) is 0 Å². The number of benzene rings is 2. The average molecular weight is 413 g/mol. The summed E-state index contributed by atoms with van der Waals surface area (Å²) < 4.78 is 7.90. The summed E-state index contributed by atoms with van der Waals surface area (Å²) in [6.45, 7) is 2.20. The first kappa shape index (κ1) is 13.3. The molecule has 0 aliphatic rings. The van der Waals surface area contributed by atoms with Gasteiger partial charge >= 0.3 is 5.78 Å². The van der Waals surface area contributed by atoms with Crippen molar-refractivity contribution in [1.29, 1.82) is 0 Å². The molecule has 2 aromatic carbocycles. The van der Waals surface area contributed by atoms with E-state index >= 15 is 0 Å². The topological polar surface area (TPSA) is 25.6 Å². The van der Waals surface area contributed by atoms with Crippen LogP contribution >= 0.6 is 22.6 Å². The number of aryl methyl sites for hydroxylation is 2. The van der Waals surface area contributed by atoms with E-state index in [1.165, 1.54) is 25.7 Å². The van der Waals surface area contributed by atoms with E-state index in [4.69, 9.17) is 4.98 Å². The van der Waals surface area contributed by atoms with Gasteiger partial charge in [-0.3, -0.25) is 4.40 Å². The van der Waals surface area contributed by atoms with Crippen molar-refractivity contribution < 1.29 is 4.57 Å². The number of halogens is 1. The second-order valence-electron chi connectivity index (χ2n) is 5.91. The van der Waals surface area contributed by atoms with Gasteiger partial charge in [-0.2, -0.15) is 9.38 Å². The maximum absolute atomic E-state index is 4.87. The van der Waals surface area contributed by atoms with Gasteiger partial charge in [0, 0.05) is 3.57 Å². The summed E-state index contributed by atoms with van der Waals surface area (Å²) in [6, 6.07) is 12.7. The summed E-state index contributed by atoms with van der Waals surface area (Å²) in [5.74, 6) is 0.954. The molecular formula is C18H14IN4+. The van der Waals surface area contributed by atoms with Crippen molar-refractivity contribution in [2.45, 2.75) is 6.92 Å². The smallest absolute Gasteiger partial charge is 0.258 e. The molecule has 0 N–H and O–H groups in total. The molecular weight excluding hydrogens is 399 g/mol. The van der Waals surface area contributed by atoms with E-state index in [1.54, 1.807) is 0 Å². The van der Waals surface area contributed by atoms with E-state index in [0.717, 1.165) is 16.8 Å². The van der Waals surface area contributed by atoms with Gasteiger partial charge < -0.3 is 0 Å². The van der Waals surface area contributed by atoms with Gasteiger partial charge in [0.15, 0.2) is 0 Å². The average Bonchev–Trinajstić information content (AvgIpc) is 3.12. The van der Waals surface area contributed by atoms with Crippen LogP contribution in [0.25, 0.3) is 33.4 Å². The summed E-state index contributed by atoms with van der Waals surface area (Å²) in [5.41, 5.74) is 5.86. The predicted molar refractivity (Wildman–Crippen MR) is 99.8 cm³/mol. The molecule has 0 amide bonds.